The first kappa shape index (κ1) is 11.2. The molecule has 0 amide bonds. The van der Waals surface area contributed by atoms with Crippen molar-refractivity contribution in [3.05, 3.63) is 59.5 Å². The molecule has 0 saturated heterocycles. The van der Waals surface area contributed by atoms with Crippen LogP contribution in [0, 0.1) is 5.82 Å². The second-order valence-corrected chi connectivity index (χ2v) is 4.79. The van der Waals surface area contributed by atoms with Gasteiger partial charge in [0.2, 0.25) is 0 Å². The molecule has 2 heterocycles. The quantitative estimate of drug-likeness (QED) is 0.709. The number of hydrogen-bond donors (Lipinski definition) is 0. The fourth-order valence-electron chi connectivity index (χ4n) is 1.76. The van der Waals surface area contributed by atoms with E-state index in [1.807, 2.05) is 17.5 Å². The van der Waals surface area contributed by atoms with Gasteiger partial charge in [0.1, 0.15) is 18.2 Å². The topological polar surface area (TPSA) is 22.1 Å². The first-order chi connectivity index (χ1) is 8.83. The number of thiophene rings is 1. The standard InChI is InChI=1S/C14H10FNOS/c15-11-3-4-14-13(6-11)10(9-18-14)8-17-12-2-1-5-16-7-12/h1-7,9H,8H2. The predicted octanol–water partition coefficient (Wildman–Crippen LogP) is 4.01. The second kappa shape index (κ2) is 4.74. The lowest BCUT2D eigenvalue weighted by atomic mass is 10.2. The van der Waals surface area contributed by atoms with Crippen molar-refractivity contribution in [3.63, 3.8) is 0 Å². The van der Waals surface area contributed by atoms with Gasteiger partial charge in [0, 0.05) is 21.8 Å². The van der Waals surface area contributed by atoms with Crippen molar-refractivity contribution in [1.29, 1.82) is 0 Å². The average molecular weight is 259 g/mol. The molecule has 2 nitrogen and oxygen atoms in total. The van der Waals surface area contributed by atoms with Crippen LogP contribution in [0.25, 0.3) is 10.1 Å². The molecule has 0 radical (unpaired) electrons. The summed E-state index contributed by atoms with van der Waals surface area (Å²) in [5.41, 5.74) is 0.998. The van der Waals surface area contributed by atoms with Crippen molar-refractivity contribution >= 4 is 21.4 Å². The molecule has 90 valence electrons. The van der Waals surface area contributed by atoms with E-state index in [1.54, 1.807) is 35.9 Å². The van der Waals surface area contributed by atoms with E-state index in [2.05, 4.69) is 4.98 Å². The van der Waals surface area contributed by atoms with E-state index in [9.17, 15) is 4.39 Å². The van der Waals surface area contributed by atoms with E-state index in [0.717, 1.165) is 15.6 Å². The van der Waals surface area contributed by atoms with Crippen molar-refractivity contribution in [1.82, 2.24) is 4.98 Å². The Morgan fingerprint density at radius 2 is 2.22 bits per heavy atom. The molecular weight excluding hydrogens is 249 g/mol. The minimum absolute atomic E-state index is 0.219. The monoisotopic (exact) mass is 259 g/mol. The maximum absolute atomic E-state index is 13.2. The van der Waals surface area contributed by atoms with Crippen molar-refractivity contribution in [3.8, 4) is 5.75 Å². The van der Waals surface area contributed by atoms with Crippen LogP contribution in [0.3, 0.4) is 0 Å². The van der Waals surface area contributed by atoms with Gasteiger partial charge in [-0.3, -0.25) is 4.98 Å². The third-order valence-corrected chi connectivity index (χ3v) is 3.66. The van der Waals surface area contributed by atoms with Crippen molar-refractivity contribution in [2.24, 2.45) is 0 Å². The number of fused-ring (bicyclic) bond motifs is 1. The Bertz CT molecular complexity index is 666. The molecule has 0 aliphatic rings. The molecule has 0 bridgehead atoms. The number of nitrogens with zero attached hydrogens (tertiary/aromatic N) is 1. The van der Waals surface area contributed by atoms with Gasteiger partial charge >= 0.3 is 0 Å². The van der Waals surface area contributed by atoms with Gasteiger partial charge < -0.3 is 4.74 Å². The van der Waals surface area contributed by atoms with Crippen molar-refractivity contribution in [2.75, 3.05) is 0 Å². The molecule has 3 aromatic rings. The SMILES string of the molecule is Fc1ccc2scc(COc3cccnc3)c2c1. The highest BCUT2D eigenvalue weighted by atomic mass is 32.1. The minimum atomic E-state index is -0.219. The first-order valence-corrected chi connectivity index (χ1v) is 6.39. The van der Waals surface area contributed by atoms with E-state index < -0.39 is 0 Å². The lowest BCUT2D eigenvalue weighted by Crippen LogP contribution is -1.94. The summed E-state index contributed by atoms with van der Waals surface area (Å²) in [5.74, 6) is 0.497. The molecule has 1 aromatic carbocycles. The zero-order chi connectivity index (χ0) is 12.4. The van der Waals surface area contributed by atoms with Crippen LogP contribution in [0.5, 0.6) is 5.75 Å². The number of aromatic nitrogens is 1. The van der Waals surface area contributed by atoms with Crippen LogP contribution in [-0.4, -0.2) is 4.98 Å². The maximum Gasteiger partial charge on any atom is 0.138 e. The van der Waals surface area contributed by atoms with Crippen molar-refractivity contribution < 1.29 is 9.13 Å². The number of halogens is 1. The van der Waals surface area contributed by atoms with Gasteiger partial charge in [0.05, 0.1) is 6.20 Å². The third kappa shape index (κ3) is 2.19. The molecule has 2 aromatic heterocycles. The minimum Gasteiger partial charge on any atom is -0.487 e. The summed E-state index contributed by atoms with van der Waals surface area (Å²) in [6.07, 6.45) is 3.36. The second-order valence-electron chi connectivity index (χ2n) is 3.88. The fourth-order valence-corrected chi connectivity index (χ4v) is 2.69. The van der Waals surface area contributed by atoms with E-state index in [-0.39, 0.29) is 5.82 Å². The predicted molar refractivity (Wildman–Crippen MR) is 70.4 cm³/mol. The van der Waals surface area contributed by atoms with Crippen LogP contribution >= 0.6 is 11.3 Å². The van der Waals surface area contributed by atoms with Crippen LogP contribution < -0.4 is 4.74 Å². The molecule has 4 heteroatoms. The Balaban J connectivity index is 1.85. The van der Waals surface area contributed by atoms with Gasteiger partial charge in [-0.1, -0.05) is 0 Å². The molecular formula is C14H10FNOS. The summed E-state index contributed by atoms with van der Waals surface area (Å²) in [5, 5.41) is 2.92. The molecule has 3 rings (SSSR count). The Morgan fingerprint density at radius 1 is 1.28 bits per heavy atom. The Kier molecular flexibility index (Phi) is 2.94. The molecule has 0 atom stereocenters. The first-order valence-electron chi connectivity index (χ1n) is 5.51. The number of benzene rings is 1. The number of hydrogen-bond acceptors (Lipinski definition) is 3. The normalized spacial score (nSPS) is 10.7. The Labute approximate surface area is 108 Å². The van der Waals surface area contributed by atoms with Crippen LogP contribution in [-0.2, 0) is 6.61 Å². The molecule has 0 fully saturated rings. The molecule has 0 saturated carbocycles. The summed E-state index contributed by atoms with van der Waals surface area (Å²) in [7, 11) is 0. The van der Waals surface area contributed by atoms with Gasteiger partial charge in [-0.05, 0) is 35.7 Å². The summed E-state index contributed by atoms with van der Waals surface area (Å²) in [4.78, 5) is 3.98. The number of rotatable bonds is 3. The molecule has 0 spiro atoms. The molecule has 0 unspecified atom stereocenters. The van der Waals surface area contributed by atoms with Gasteiger partial charge in [-0.2, -0.15) is 0 Å². The lowest BCUT2D eigenvalue weighted by molar-refractivity contribution is 0.307. The van der Waals surface area contributed by atoms with Crippen LogP contribution in [0.1, 0.15) is 5.56 Å². The third-order valence-electron chi connectivity index (χ3n) is 2.64. The zero-order valence-corrected chi connectivity index (χ0v) is 10.3. The summed E-state index contributed by atoms with van der Waals surface area (Å²) < 4.78 is 19.9. The molecule has 0 N–H and O–H groups in total. The van der Waals surface area contributed by atoms with E-state index in [4.69, 9.17) is 4.74 Å². The Hall–Kier alpha value is -1.94. The van der Waals surface area contributed by atoms with E-state index in [1.165, 1.54) is 6.07 Å². The van der Waals surface area contributed by atoms with Crippen LogP contribution in [0.4, 0.5) is 4.39 Å². The highest BCUT2D eigenvalue weighted by molar-refractivity contribution is 7.17. The van der Waals surface area contributed by atoms with Gasteiger partial charge in [-0.15, -0.1) is 11.3 Å². The maximum atomic E-state index is 13.2. The molecule has 0 aliphatic heterocycles. The molecule has 0 aliphatic carbocycles. The number of pyridine rings is 1. The van der Waals surface area contributed by atoms with Crippen LogP contribution in [0.15, 0.2) is 48.1 Å². The fraction of sp³-hybridized carbons (Fsp3) is 0.0714. The Morgan fingerprint density at radius 3 is 3.06 bits per heavy atom. The molecule has 18 heavy (non-hydrogen) atoms. The highest BCUT2D eigenvalue weighted by Gasteiger charge is 2.06. The number of ether oxygens (including phenoxy) is 1. The lowest BCUT2D eigenvalue weighted by Gasteiger charge is -2.04. The summed E-state index contributed by atoms with van der Waals surface area (Å²) in [6, 6.07) is 8.49. The average Bonchev–Trinajstić information content (AvgIpc) is 2.80. The van der Waals surface area contributed by atoms with Gasteiger partial charge in [0.25, 0.3) is 0 Å². The van der Waals surface area contributed by atoms with Crippen molar-refractivity contribution in [2.45, 2.75) is 6.61 Å². The highest BCUT2D eigenvalue weighted by Crippen LogP contribution is 2.27. The van der Waals surface area contributed by atoms with Gasteiger partial charge in [0.15, 0.2) is 0 Å². The largest absolute Gasteiger partial charge is 0.487 e. The van der Waals surface area contributed by atoms with E-state index >= 15 is 0 Å². The van der Waals surface area contributed by atoms with Crippen LogP contribution in [0.2, 0.25) is 0 Å². The summed E-state index contributed by atoms with van der Waals surface area (Å²) >= 11 is 1.60. The van der Waals surface area contributed by atoms with Gasteiger partial charge in [-0.25, -0.2) is 4.39 Å². The zero-order valence-electron chi connectivity index (χ0n) is 9.47. The van der Waals surface area contributed by atoms with E-state index in [0.29, 0.717) is 12.4 Å². The smallest absolute Gasteiger partial charge is 0.138 e. The summed E-state index contributed by atoms with van der Waals surface area (Å²) in [6.45, 7) is 0.426.